The van der Waals surface area contributed by atoms with Crippen LogP contribution in [0, 0.1) is 5.41 Å². The van der Waals surface area contributed by atoms with Crippen LogP contribution in [0.2, 0.25) is 0 Å². The highest BCUT2D eigenvalue weighted by Crippen LogP contribution is 2.26. The number of hydrogen-bond acceptors (Lipinski definition) is 3. The minimum atomic E-state index is 0.0933. The Bertz CT molecular complexity index is 379. The maximum atomic E-state index is 12.3. The van der Waals surface area contributed by atoms with E-state index < -0.39 is 0 Å². The van der Waals surface area contributed by atoms with E-state index >= 15 is 0 Å². The summed E-state index contributed by atoms with van der Waals surface area (Å²) in [6.45, 7) is 9.92. The van der Waals surface area contributed by atoms with Crippen LogP contribution in [0.5, 0.6) is 5.06 Å². The molecule has 0 aliphatic rings. The third kappa shape index (κ3) is 4.04. The van der Waals surface area contributed by atoms with Crippen LogP contribution in [-0.2, 0) is 0 Å². The van der Waals surface area contributed by atoms with Crippen LogP contribution in [0.15, 0.2) is 12.1 Å². The Morgan fingerprint density at radius 1 is 1.41 bits per heavy atom. The highest BCUT2D eigenvalue weighted by molar-refractivity contribution is 7.15. The lowest BCUT2D eigenvalue weighted by atomic mass is 9.96. The predicted octanol–water partition coefficient (Wildman–Crippen LogP) is 3.26. The molecule has 0 fully saturated rings. The van der Waals surface area contributed by atoms with E-state index in [-0.39, 0.29) is 11.3 Å². The number of methoxy groups -OCH3 is 1. The number of nitrogens with zero attached hydrogens (tertiary/aromatic N) is 1. The van der Waals surface area contributed by atoms with Gasteiger partial charge < -0.3 is 9.64 Å². The lowest BCUT2D eigenvalue weighted by Gasteiger charge is -2.28. The maximum absolute atomic E-state index is 12.3. The third-order valence-corrected chi connectivity index (χ3v) is 3.36. The van der Waals surface area contributed by atoms with Gasteiger partial charge in [0.1, 0.15) is 0 Å². The van der Waals surface area contributed by atoms with E-state index in [0.717, 1.165) is 23.0 Å². The molecule has 1 rings (SSSR count). The molecule has 3 nitrogen and oxygen atoms in total. The number of rotatable bonds is 4. The second-order valence-corrected chi connectivity index (χ2v) is 6.25. The molecule has 0 atom stereocenters. The maximum Gasteiger partial charge on any atom is 0.264 e. The van der Waals surface area contributed by atoms with Crippen molar-refractivity contribution in [2.45, 2.75) is 27.7 Å². The molecule has 0 aliphatic heterocycles. The van der Waals surface area contributed by atoms with Crippen molar-refractivity contribution in [2.24, 2.45) is 5.41 Å². The molecule has 0 aliphatic carbocycles. The Hall–Kier alpha value is -1.03. The Morgan fingerprint density at radius 2 is 2.06 bits per heavy atom. The van der Waals surface area contributed by atoms with Crippen LogP contribution >= 0.6 is 11.3 Å². The van der Waals surface area contributed by atoms with E-state index in [9.17, 15) is 4.79 Å². The molecule has 96 valence electrons. The summed E-state index contributed by atoms with van der Waals surface area (Å²) in [4.78, 5) is 14.9. The summed E-state index contributed by atoms with van der Waals surface area (Å²) in [5.41, 5.74) is 0.118. The number of carbonyl (C=O) groups excluding carboxylic acids is 1. The van der Waals surface area contributed by atoms with E-state index in [2.05, 4.69) is 20.8 Å². The molecule has 0 bridgehead atoms. The van der Waals surface area contributed by atoms with Crippen molar-refractivity contribution in [1.82, 2.24) is 4.90 Å². The molecule has 0 spiro atoms. The average molecular weight is 255 g/mol. The summed E-state index contributed by atoms with van der Waals surface area (Å²) in [5, 5.41) is 0.778. The van der Waals surface area contributed by atoms with E-state index in [4.69, 9.17) is 4.74 Å². The van der Waals surface area contributed by atoms with E-state index in [1.54, 1.807) is 7.11 Å². The van der Waals surface area contributed by atoms with Crippen molar-refractivity contribution in [2.75, 3.05) is 20.2 Å². The Morgan fingerprint density at radius 3 is 2.47 bits per heavy atom. The van der Waals surface area contributed by atoms with Crippen LogP contribution in [0.4, 0.5) is 0 Å². The number of amides is 1. The van der Waals surface area contributed by atoms with Crippen molar-refractivity contribution in [1.29, 1.82) is 0 Å². The zero-order valence-corrected chi connectivity index (χ0v) is 12.1. The molecule has 1 amide bonds. The van der Waals surface area contributed by atoms with Crippen molar-refractivity contribution in [3.05, 3.63) is 17.0 Å². The van der Waals surface area contributed by atoms with Gasteiger partial charge in [0.2, 0.25) is 0 Å². The minimum absolute atomic E-state index is 0.0933. The highest BCUT2D eigenvalue weighted by Gasteiger charge is 2.22. The molecule has 0 saturated carbocycles. The predicted molar refractivity (Wildman–Crippen MR) is 71.9 cm³/mol. The molecule has 17 heavy (non-hydrogen) atoms. The molecular weight excluding hydrogens is 234 g/mol. The van der Waals surface area contributed by atoms with Gasteiger partial charge in [0, 0.05) is 13.1 Å². The first-order chi connectivity index (χ1) is 7.87. The van der Waals surface area contributed by atoms with E-state index in [1.165, 1.54) is 11.3 Å². The minimum Gasteiger partial charge on any atom is -0.487 e. The summed E-state index contributed by atoms with van der Waals surface area (Å²) in [5.74, 6) is 0.0933. The van der Waals surface area contributed by atoms with E-state index in [1.807, 2.05) is 24.0 Å². The largest absolute Gasteiger partial charge is 0.487 e. The number of ether oxygens (including phenoxy) is 1. The van der Waals surface area contributed by atoms with Crippen molar-refractivity contribution in [3.8, 4) is 5.06 Å². The molecule has 4 heteroatoms. The van der Waals surface area contributed by atoms with Crippen LogP contribution in [0.25, 0.3) is 0 Å². The third-order valence-electron chi connectivity index (χ3n) is 2.33. The van der Waals surface area contributed by atoms with Crippen LogP contribution in [0.3, 0.4) is 0 Å². The van der Waals surface area contributed by atoms with Gasteiger partial charge in [0.15, 0.2) is 5.06 Å². The zero-order chi connectivity index (χ0) is 13.1. The zero-order valence-electron chi connectivity index (χ0n) is 11.2. The smallest absolute Gasteiger partial charge is 0.264 e. The fourth-order valence-corrected chi connectivity index (χ4v) is 2.39. The molecule has 1 aromatic rings. The second-order valence-electron chi connectivity index (χ2n) is 5.20. The lowest BCUT2D eigenvalue weighted by molar-refractivity contribution is 0.0711. The summed E-state index contributed by atoms with van der Waals surface area (Å²) < 4.78 is 5.11. The first-order valence-corrected chi connectivity index (χ1v) is 6.62. The topological polar surface area (TPSA) is 29.5 Å². The van der Waals surface area contributed by atoms with Gasteiger partial charge in [-0.25, -0.2) is 0 Å². The second kappa shape index (κ2) is 5.54. The Labute approximate surface area is 107 Å². The summed E-state index contributed by atoms with van der Waals surface area (Å²) in [6, 6.07) is 3.67. The van der Waals surface area contributed by atoms with Gasteiger partial charge in [-0.05, 0) is 24.5 Å². The molecule has 1 heterocycles. The monoisotopic (exact) mass is 255 g/mol. The standard InChI is InChI=1S/C13H21NO2S/c1-6-14(9-13(2,3)4)12(15)10-7-8-11(16-5)17-10/h7-8H,6,9H2,1-5H3. The van der Waals surface area contributed by atoms with Gasteiger partial charge in [0.25, 0.3) is 5.91 Å². The van der Waals surface area contributed by atoms with E-state index in [0.29, 0.717) is 0 Å². The van der Waals surface area contributed by atoms with Crippen molar-refractivity contribution >= 4 is 17.2 Å². The summed E-state index contributed by atoms with van der Waals surface area (Å²) >= 11 is 1.40. The number of hydrogen-bond donors (Lipinski definition) is 0. The molecule has 0 radical (unpaired) electrons. The van der Waals surface area contributed by atoms with Gasteiger partial charge in [-0.3, -0.25) is 4.79 Å². The number of carbonyl (C=O) groups is 1. The van der Waals surface area contributed by atoms with Gasteiger partial charge in [0.05, 0.1) is 12.0 Å². The van der Waals surface area contributed by atoms with Crippen molar-refractivity contribution in [3.63, 3.8) is 0 Å². The Balaban J connectivity index is 2.79. The average Bonchev–Trinajstić information content (AvgIpc) is 2.72. The first-order valence-electron chi connectivity index (χ1n) is 5.80. The summed E-state index contributed by atoms with van der Waals surface area (Å²) in [6.07, 6.45) is 0. The first kappa shape index (κ1) is 14.0. The van der Waals surface area contributed by atoms with Crippen LogP contribution < -0.4 is 4.74 Å². The molecule has 0 N–H and O–H groups in total. The molecular formula is C13H21NO2S. The SMILES string of the molecule is CCN(CC(C)(C)C)C(=O)c1ccc(OC)s1. The van der Waals surface area contributed by atoms with Gasteiger partial charge in [-0.1, -0.05) is 32.1 Å². The molecule has 0 aromatic carbocycles. The molecule has 0 saturated heterocycles. The van der Waals surface area contributed by atoms with Gasteiger partial charge >= 0.3 is 0 Å². The van der Waals surface area contributed by atoms with Gasteiger partial charge in [-0.15, -0.1) is 0 Å². The van der Waals surface area contributed by atoms with Crippen LogP contribution in [0.1, 0.15) is 37.4 Å². The normalized spacial score (nSPS) is 11.4. The van der Waals surface area contributed by atoms with Crippen LogP contribution in [-0.4, -0.2) is 31.0 Å². The highest BCUT2D eigenvalue weighted by atomic mass is 32.1. The number of thiophene rings is 1. The Kier molecular flexibility index (Phi) is 4.57. The summed E-state index contributed by atoms with van der Waals surface area (Å²) in [7, 11) is 1.62. The molecule has 1 aromatic heterocycles. The quantitative estimate of drug-likeness (QED) is 0.826. The fraction of sp³-hybridized carbons (Fsp3) is 0.615. The van der Waals surface area contributed by atoms with Crippen molar-refractivity contribution < 1.29 is 9.53 Å². The lowest BCUT2D eigenvalue weighted by Crippen LogP contribution is -2.37. The fourth-order valence-electron chi connectivity index (χ4n) is 1.60. The van der Waals surface area contributed by atoms with Gasteiger partial charge in [-0.2, -0.15) is 0 Å². The molecule has 0 unspecified atom stereocenters.